The van der Waals surface area contributed by atoms with Crippen LogP contribution in [-0.4, -0.2) is 39.5 Å². The molecule has 1 saturated heterocycles. The van der Waals surface area contributed by atoms with Gasteiger partial charge in [-0.1, -0.05) is 30.3 Å². The smallest absolute Gasteiger partial charge is 0.299 e. The Bertz CT molecular complexity index is 1000. The van der Waals surface area contributed by atoms with E-state index in [0.29, 0.717) is 49.4 Å². The fraction of sp³-hybridized carbons (Fsp3) is 0.400. The van der Waals surface area contributed by atoms with Gasteiger partial charge in [-0.15, -0.1) is 0 Å². The highest BCUT2D eigenvalue weighted by Gasteiger charge is 2.42. The van der Waals surface area contributed by atoms with Crippen LogP contribution in [0.25, 0.3) is 0 Å². The first kappa shape index (κ1) is 20.0. The minimum absolute atomic E-state index is 0.163. The Morgan fingerprint density at radius 2 is 1.66 bits per heavy atom. The van der Waals surface area contributed by atoms with Crippen molar-refractivity contribution in [3.05, 3.63) is 59.7 Å². The van der Waals surface area contributed by atoms with Gasteiger partial charge < -0.3 is 0 Å². The standard InChI is InChI=1S/C20H22F3N3O2S/c1-24-18-7-2-3-8-19(18)26(29(24,27)28)17-9-11-25(12-10-17)14-15-5-4-6-16(13-15)20(21,22)23/h2-8,13,17H,9-12,14H2,1H3. The summed E-state index contributed by atoms with van der Waals surface area (Å²) in [6.07, 6.45) is -3.10. The minimum Gasteiger partial charge on any atom is -0.299 e. The number of halogens is 3. The fourth-order valence-electron chi connectivity index (χ4n) is 4.10. The number of fused-ring (bicyclic) bond motifs is 1. The fourth-order valence-corrected chi connectivity index (χ4v) is 5.76. The molecule has 29 heavy (non-hydrogen) atoms. The summed E-state index contributed by atoms with van der Waals surface area (Å²) < 4.78 is 67.3. The Morgan fingerprint density at radius 1 is 1.00 bits per heavy atom. The van der Waals surface area contributed by atoms with E-state index in [4.69, 9.17) is 0 Å². The molecule has 0 bridgehead atoms. The van der Waals surface area contributed by atoms with Crippen LogP contribution >= 0.6 is 0 Å². The lowest BCUT2D eigenvalue weighted by molar-refractivity contribution is -0.137. The molecule has 0 unspecified atom stereocenters. The van der Waals surface area contributed by atoms with Crippen molar-refractivity contribution in [2.24, 2.45) is 0 Å². The van der Waals surface area contributed by atoms with Gasteiger partial charge in [0.1, 0.15) is 0 Å². The third-order valence-electron chi connectivity index (χ3n) is 5.60. The van der Waals surface area contributed by atoms with Crippen LogP contribution < -0.4 is 8.61 Å². The van der Waals surface area contributed by atoms with Crippen LogP contribution in [0.5, 0.6) is 0 Å². The van der Waals surface area contributed by atoms with Crippen LogP contribution in [0, 0.1) is 0 Å². The quantitative estimate of drug-likeness (QED) is 0.750. The number of alkyl halides is 3. The molecule has 1 fully saturated rings. The second kappa shape index (κ2) is 7.21. The lowest BCUT2D eigenvalue weighted by atomic mass is 10.0. The molecule has 4 rings (SSSR count). The molecule has 0 radical (unpaired) electrons. The second-order valence-corrected chi connectivity index (χ2v) is 9.30. The highest BCUT2D eigenvalue weighted by Crippen LogP contribution is 2.42. The van der Waals surface area contributed by atoms with Crippen molar-refractivity contribution >= 4 is 21.6 Å². The first-order chi connectivity index (χ1) is 13.7. The van der Waals surface area contributed by atoms with Gasteiger partial charge in [-0.25, -0.2) is 4.31 Å². The van der Waals surface area contributed by atoms with Crippen LogP contribution in [0.4, 0.5) is 24.5 Å². The molecular weight excluding hydrogens is 403 g/mol. The molecule has 156 valence electrons. The lowest BCUT2D eigenvalue weighted by Gasteiger charge is -2.36. The highest BCUT2D eigenvalue weighted by molar-refractivity contribution is 7.94. The van der Waals surface area contributed by atoms with Crippen LogP contribution in [-0.2, 0) is 22.9 Å². The van der Waals surface area contributed by atoms with Crippen molar-refractivity contribution in [2.75, 3.05) is 28.7 Å². The summed E-state index contributed by atoms with van der Waals surface area (Å²) in [7, 11) is -2.05. The number of hydrogen-bond donors (Lipinski definition) is 0. The highest BCUT2D eigenvalue weighted by atomic mass is 32.2. The molecule has 0 aromatic heterocycles. The summed E-state index contributed by atoms with van der Waals surface area (Å²) >= 11 is 0. The van der Waals surface area contributed by atoms with E-state index < -0.39 is 21.9 Å². The molecule has 2 heterocycles. The van der Waals surface area contributed by atoms with Crippen molar-refractivity contribution in [3.63, 3.8) is 0 Å². The van der Waals surface area contributed by atoms with Gasteiger partial charge in [-0.3, -0.25) is 9.21 Å². The number of anilines is 2. The Balaban J connectivity index is 1.45. The van der Waals surface area contributed by atoms with Crippen LogP contribution in [0.15, 0.2) is 48.5 Å². The third kappa shape index (κ3) is 3.69. The molecule has 0 atom stereocenters. The van der Waals surface area contributed by atoms with Crippen LogP contribution in [0.1, 0.15) is 24.0 Å². The molecule has 9 heteroatoms. The summed E-state index contributed by atoms with van der Waals surface area (Å²) in [4.78, 5) is 2.07. The number of rotatable bonds is 3. The molecule has 0 aliphatic carbocycles. The second-order valence-electron chi connectivity index (χ2n) is 7.47. The molecule has 0 spiro atoms. The monoisotopic (exact) mass is 425 g/mol. The number of nitrogens with zero attached hydrogens (tertiary/aromatic N) is 3. The molecule has 2 aliphatic heterocycles. The third-order valence-corrected chi connectivity index (χ3v) is 7.48. The van der Waals surface area contributed by atoms with Gasteiger partial charge in [0.15, 0.2) is 0 Å². The maximum Gasteiger partial charge on any atom is 0.416 e. The van der Waals surface area contributed by atoms with E-state index in [1.54, 1.807) is 19.2 Å². The van der Waals surface area contributed by atoms with E-state index in [-0.39, 0.29) is 6.04 Å². The Kier molecular flexibility index (Phi) is 4.98. The van der Waals surface area contributed by atoms with Crippen molar-refractivity contribution in [1.29, 1.82) is 0 Å². The minimum atomic E-state index is -4.35. The number of piperidine rings is 1. The number of benzene rings is 2. The topological polar surface area (TPSA) is 43.9 Å². The molecule has 0 amide bonds. The normalized spacial score (nSPS) is 20.1. The van der Waals surface area contributed by atoms with E-state index in [9.17, 15) is 21.6 Å². The predicted molar refractivity (Wildman–Crippen MR) is 106 cm³/mol. The zero-order valence-electron chi connectivity index (χ0n) is 15.9. The van der Waals surface area contributed by atoms with E-state index >= 15 is 0 Å². The summed E-state index contributed by atoms with van der Waals surface area (Å²) in [5.74, 6) is 0. The summed E-state index contributed by atoms with van der Waals surface area (Å²) in [5.41, 5.74) is 1.31. The first-order valence-electron chi connectivity index (χ1n) is 9.44. The van der Waals surface area contributed by atoms with Gasteiger partial charge in [-0.05, 0) is 36.6 Å². The van der Waals surface area contributed by atoms with E-state index in [0.717, 1.165) is 6.07 Å². The molecule has 5 nitrogen and oxygen atoms in total. The van der Waals surface area contributed by atoms with Gasteiger partial charge in [-0.2, -0.15) is 21.6 Å². The predicted octanol–water partition coefficient (Wildman–Crippen LogP) is 3.87. The molecule has 2 aliphatic rings. The zero-order chi connectivity index (χ0) is 20.8. The molecule has 0 N–H and O–H groups in total. The first-order valence-corrected chi connectivity index (χ1v) is 10.8. The Morgan fingerprint density at radius 3 is 2.31 bits per heavy atom. The van der Waals surface area contributed by atoms with Crippen molar-refractivity contribution in [2.45, 2.75) is 31.6 Å². The molecule has 2 aromatic rings. The summed E-state index contributed by atoms with van der Waals surface area (Å²) in [6, 6.07) is 12.4. The average molecular weight is 425 g/mol. The van der Waals surface area contributed by atoms with Crippen molar-refractivity contribution in [1.82, 2.24) is 4.90 Å². The number of hydrogen-bond acceptors (Lipinski definition) is 3. The van der Waals surface area contributed by atoms with Crippen LogP contribution in [0.3, 0.4) is 0 Å². The lowest BCUT2D eigenvalue weighted by Crippen LogP contribution is -2.48. The van der Waals surface area contributed by atoms with Gasteiger partial charge in [0.25, 0.3) is 0 Å². The molecular formula is C20H22F3N3O2S. The summed E-state index contributed by atoms with van der Waals surface area (Å²) in [5, 5.41) is 0. The Labute approximate surface area is 168 Å². The zero-order valence-corrected chi connectivity index (χ0v) is 16.7. The number of likely N-dealkylation sites (tertiary alicyclic amines) is 1. The van der Waals surface area contributed by atoms with E-state index in [1.807, 2.05) is 18.2 Å². The van der Waals surface area contributed by atoms with E-state index in [1.165, 1.54) is 20.7 Å². The molecule has 0 saturated carbocycles. The maximum absolute atomic E-state index is 12.9. The van der Waals surface area contributed by atoms with Gasteiger partial charge in [0.05, 0.1) is 16.9 Å². The average Bonchev–Trinajstić information content (AvgIpc) is 2.88. The maximum atomic E-state index is 12.9. The van der Waals surface area contributed by atoms with Gasteiger partial charge >= 0.3 is 16.4 Å². The van der Waals surface area contributed by atoms with Gasteiger partial charge in [0.2, 0.25) is 0 Å². The van der Waals surface area contributed by atoms with Crippen molar-refractivity contribution in [3.8, 4) is 0 Å². The van der Waals surface area contributed by atoms with Gasteiger partial charge in [0, 0.05) is 32.7 Å². The van der Waals surface area contributed by atoms with Crippen LogP contribution in [0.2, 0.25) is 0 Å². The van der Waals surface area contributed by atoms with E-state index in [2.05, 4.69) is 4.90 Å². The Hall–Kier alpha value is -2.26. The number of para-hydroxylation sites is 2. The van der Waals surface area contributed by atoms with Crippen molar-refractivity contribution < 1.29 is 21.6 Å². The largest absolute Gasteiger partial charge is 0.416 e. The molecule has 2 aromatic carbocycles. The summed E-state index contributed by atoms with van der Waals surface area (Å²) in [6.45, 7) is 1.66. The SMILES string of the molecule is CN1c2ccccc2N(C2CCN(Cc3cccc(C(F)(F)F)c3)CC2)S1(=O)=O.